The number of non-ortho nitro benzene ring substituents is 1. The second-order valence-electron chi connectivity index (χ2n) is 8.97. The van der Waals surface area contributed by atoms with Gasteiger partial charge in [0, 0.05) is 43.9 Å². The molecule has 0 aliphatic carbocycles. The van der Waals surface area contributed by atoms with E-state index in [1.165, 1.54) is 23.1 Å². The SMILES string of the molecule is Cc1ccc(C)c(C(O)=C2C(=O)C(=O)N(CCCN3CCOCC3)[C@@H]2c2cccc([N+](=O)[O-])c2)c1. The van der Waals surface area contributed by atoms with Crippen LogP contribution >= 0.6 is 0 Å². The quantitative estimate of drug-likeness (QED) is 0.213. The molecule has 0 unspecified atom stereocenters. The molecule has 35 heavy (non-hydrogen) atoms. The summed E-state index contributed by atoms with van der Waals surface area (Å²) in [6, 6.07) is 10.5. The van der Waals surface area contributed by atoms with Crippen LogP contribution in [0.4, 0.5) is 5.69 Å². The van der Waals surface area contributed by atoms with Crippen molar-refractivity contribution >= 4 is 23.1 Å². The smallest absolute Gasteiger partial charge is 0.295 e. The molecule has 0 aromatic heterocycles. The Morgan fingerprint density at radius 2 is 1.86 bits per heavy atom. The fraction of sp³-hybridized carbons (Fsp3) is 0.385. The maximum atomic E-state index is 13.2. The molecule has 1 atom stereocenters. The van der Waals surface area contributed by atoms with Crippen LogP contribution in [-0.4, -0.2) is 70.9 Å². The summed E-state index contributed by atoms with van der Waals surface area (Å²) in [5.74, 6) is -1.77. The molecule has 184 valence electrons. The molecule has 2 aromatic carbocycles. The first-order valence-corrected chi connectivity index (χ1v) is 11.7. The van der Waals surface area contributed by atoms with Crippen LogP contribution in [0.25, 0.3) is 5.76 Å². The van der Waals surface area contributed by atoms with Gasteiger partial charge in [-0.15, -0.1) is 0 Å². The average molecular weight is 480 g/mol. The van der Waals surface area contributed by atoms with Crippen molar-refractivity contribution in [1.82, 2.24) is 9.80 Å². The van der Waals surface area contributed by atoms with E-state index in [2.05, 4.69) is 4.90 Å². The molecule has 2 aromatic rings. The summed E-state index contributed by atoms with van der Waals surface area (Å²) in [5, 5.41) is 22.7. The number of morpholine rings is 1. The number of benzene rings is 2. The van der Waals surface area contributed by atoms with Crippen molar-refractivity contribution in [2.75, 3.05) is 39.4 Å². The highest BCUT2D eigenvalue weighted by molar-refractivity contribution is 6.46. The van der Waals surface area contributed by atoms with E-state index >= 15 is 0 Å². The minimum absolute atomic E-state index is 0.0458. The van der Waals surface area contributed by atoms with Crippen molar-refractivity contribution in [3.63, 3.8) is 0 Å². The molecule has 9 heteroatoms. The van der Waals surface area contributed by atoms with Crippen LogP contribution in [0.5, 0.6) is 0 Å². The Labute approximate surface area is 203 Å². The Morgan fingerprint density at radius 3 is 2.57 bits per heavy atom. The normalized spacial score (nSPS) is 20.4. The van der Waals surface area contributed by atoms with Gasteiger partial charge in [-0.25, -0.2) is 0 Å². The Balaban J connectivity index is 1.74. The van der Waals surface area contributed by atoms with Crippen molar-refractivity contribution < 1.29 is 24.4 Å². The van der Waals surface area contributed by atoms with Crippen LogP contribution in [0.2, 0.25) is 0 Å². The summed E-state index contributed by atoms with van der Waals surface area (Å²) < 4.78 is 5.38. The third-order valence-corrected chi connectivity index (χ3v) is 6.56. The van der Waals surface area contributed by atoms with Crippen molar-refractivity contribution in [2.45, 2.75) is 26.3 Å². The number of carbonyl (C=O) groups excluding carboxylic acids is 2. The fourth-order valence-electron chi connectivity index (χ4n) is 4.69. The maximum absolute atomic E-state index is 13.2. The Morgan fingerprint density at radius 1 is 1.11 bits per heavy atom. The lowest BCUT2D eigenvalue weighted by Crippen LogP contribution is -2.39. The maximum Gasteiger partial charge on any atom is 0.295 e. The average Bonchev–Trinajstić information content (AvgIpc) is 3.11. The number of Topliss-reactive ketones (excluding diaryl/α,β-unsaturated/α-hetero) is 1. The number of aryl methyl sites for hydroxylation is 2. The monoisotopic (exact) mass is 479 g/mol. The summed E-state index contributed by atoms with van der Waals surface area (Å²) in [5.41, 5.74) is 2.33. The minimum atomic E-state index is -0.917. The topological polar surface area (TPSA) is 113 Å². The zero-order valence-corrected chi connectivity index (χ0v) is 19.9. The molecule has 1 N–H and O–H groups in total. The number of hydrogen-bond acceptors (Lipinski definition) is 7. The number of ketones is 1. The molecular weight excluding hydrogens is 450 g/mol. The Bertz CT molecular complexity index is 1190. The van der Waals surface area contributed by atoms with Gasteiger partial charge in [-0.1, -0.05) is 29.8 Å². The van der Waals surface area contributed by atoms with E-state index in [-0.39, 0.29) is 23.6 Å². The fourth-order valence-corrected chi connectivity index (χ4v) is 4.69. The molecule has 0 radical (unpaired) electrons. The summed E-state index contributed by atoms with van der Waals surface area (Å²) >= 11 is 0. The molecule has 2 aliphatic heterocycles. The van der Waals surface area contributed by atoms with E-state index in [1.807, 2.05) is 26.0 Å². The molecule has 2 saturated heterocycles. The summed E-state index contributed by atoms with van der Waals surface area (Å²) in [6.07, 6.45) is 0.613. The van der Waals surface area contributed by atoms with E-state index in [0.29, 0.717) is 30.8 Å². The number of likely N-dealkylation sites (tertiary alicyclic amines) is 1. The van der Waals surface area contributed by atoms with Crippen molar-refractivity contribution in [1.29, 1.82) is 0 Å². The molecule has 9 nitrogen and oxygen atoms in total. The number of ether oxygens (including phenoxy) is 1. The first-order chi connectivity index (χ1) is 16.8. The predicted molar refractivity (Wildman–Crippen MR) is 130 cm³/mol. The van der Waals surface area contributed by atoms with Gasteiger partial charge in [-0.3, -0.25) is 24.6 Å². The number of aliphatic hydroxyl groups excluding tert-OH is 1. The third kappa shape index (κ3) is 5.11. The molecule has 0 spiro atoms. The van der Waals surface area contributed by atoms with Gasteiger partial charge in [-0.2, -0.15) is 0 Å². The molecule has 2 heterocycles. The predicted octanol–water partition coefficient (Wildman–Crippen LogP) is 3.36. The number of carbonyl (C=O) groups is 2. The Hall–Kier alpha value is -3.56. The number of rotatable bonds is 7. The van der Waals surface area contributed by atoms with Crippen LogP contribution in [0.1, 0.15) is 34.7 Å². The Kier molecular flexibility index (Phi) is 7.28. The van der Waals surface area contributed by atoms with Gasteiger partial charge in [0.05, 0.1) is 29.8 Å². The van der Waals surface area contributed by atoms with E-state index < -0.39 is 22.7 Å². The lowest BCUT2D eigenvalue weighted by Gasteiger charge is -2.29. The van der Waals surface area contributed by atoms with Gasteiger partial charge in [-0.05, 0) is 37.5 Å². The van der Waals surface area contributed by atoms with Crippen LogP contribution in [0.3, 0.4) is 0 Å². The molecule has 2 aliphatic rings. The van der Waals surface area contributed by atoms with Gasteiger partial charge in [0.1, 0.15) is 5.76 Å². The lowest BCUT2D eigenvalue weighted by molar-refractivity contribution is -0.384. The second-order valence-corrected chi connectivity index (χ2v) is 8.97. The third-order valence-electron chi connectivity index (χ3n) is 6.56. The first kappa shape index (κ1) is 24.6. The van der Waals surface area contributed by atoms with Crippen molar-refractivity contribution in [3.8, 4) is 0 Å². The van der Waals surface area contributed by atoms with Crippen LogP contribution in [0, 0.1) is 24.0 Å². The van der Waals surface area contributed by atoms with Crippen molar-refractivity contribution in [3.05, 3.63) is 80.4 Å². The zero-order chi connectivity index (χ0) is 25.1. The standard InChI is InChI=1S/C26H29N3O6/c1-17-7-8-18(2)21(15-17)24(30)22-23(19-5-3-6-20(16-19)29(33)34)28(26(32)25(22)31)10-4-9-27-11-13-35-14-12-27/h3,5-8,15-16,23,30H,4,9-14H2,1-2H3/t23-/m1/s1. The molecule has 0 saturated carbocycles. The van der Waals surface area contributed by atoms with E-state index in [4.69, 9.17) is 4.74 Å². The number of nitro benzene ring substituents is 1. The lowest BCUT2D eigenvalue weighted by atomic mass is 9.93. The molecule has 1 amide bonds. The molecule has 4 rings (SSSR count). The highest BCUT2D eigenvalue weighted by Gasteiger charge is 2.46. The van der Waals surface area contributed by atoms with E-state index in [1.54, 1.807) is 12.1 Å². The van der Waals surface area contributed by atoms with E-state index in [0.717, 1.165) is 30.8 Å². The second kappa shape index (κ2) is 10.4. The number of aliphatic hydroxyl groups is 1. The number of nitrogens with zero attached hydrogens (tertiary/aromatic N) is 3. The molecule has 0 bridgehead atoms. The minimum Gasteiger partial charge on any atom is -0.507 e. The molecular formula is C26H29N3O6. The number of hydrogen-bond donors (Lipinski definition) is 1. The van der Waals surface area contributed by atoms with Gasteiger partial charge in [0.15, 0.2) is 0 Å². The van der Waals surface area contributed by atoms with Gasteiger partial charge >= 0.3 is 0 Å². The zero-order valence-electron chi connectivity index (χ0n) is 19.9. The number of nitro groups is 1. The van der Waals surface area contributed by atoms with Crippen LogP contribution in [0.15, 0.2) is 48.0 Å². The summed E-state index contributed by atoms with van der Waals surface area (Å²) in [4.78, 5) is 40.9. The first-order valence-electron chi connectivity index (χ1n) is 11.7. The summed E-state index contributed by atoms with van der Waals surface area (Å²) in [6.45, 7) is 7.62. The van der Waals surface area contributed by atoms with Crippen molar-refractivity contribution in [2.24, 2.45) is 0 Å². The highest BCUT2D eigenvalue weighted by atomic mass is 16.6. The van der Waals surface area contributed by atoms with Crippen LogP contribution in [-0.2, 0) is 14.3 Å². The molecule has 2 fully saturated rings. The van der Waals surface area contributed by atoms with E-state index in [9.17, 15) is 24.8 Å². The van der Waals surface area contributed by atoms with Crippen LogP contribution < -0.4 is 0 Å². The van der Waals surface area contributed by atoms with Gasteiger partial charge in [0.25, 0.3) is 17.4 Å². The van der Waals surface area contributed by atoms with Gasteiger partial charge < -0.3 is 14.7 Å². The van der Waals surface area contributed by atoms with Gasteiger partial charge in [0.2, 0.25) is 0 Å². The summed E-state index contributed by atoms with van der Waals surface area (Å²) in [7, 11) is 0. The highest BCUT2D eigenvalue weighted by Crippen LogP contribution is 2.40. The largest absolute Gasteiger partial charge is 0.507 e. The number of amides is 1.